The maximum Gasteiger partial charge on any atom is 0.317 e. The Morgan fingerprint density at radius 3 is 2.79 bits per heavy atom. The predicted molar refractivity (Wildman–Crippen MR) is 94.8 cm³/mol. The second-order valence-corrected chi connectivity index (χ2v) is 8.96. The summed E-state index contributed by atoms with van der Waals surface area (Å²) < 4.78 is 29.2. The quantitative estimate of drug-likeness (QED) is 0.796. The molecular weight excluding hydrogens is 375 g/mol. The second-order valence-electron chi connectivity index (χ2n) is 5.61. The summed E-state index contributed by atoms with van der Waals surface area (Å²) in [7, 11) is -3.10. The zero-order valence-electron chi connectivity index (χ0n) is 13.3. The predicted octanol–water partition coefficient (Wildman–Crippen LogP) is 2.59. The second kappa shape index (κ2) is 8.27. The summed E-state index contributed by atoms with van der Waals surface area (Å²) in [5, 5.41) is 3.17. The number of nitrogens with zero attached hydrogens (tertiary/aromatic N) is 1. The lowest BCUT2D eigenvalue weighted by atomic mass is 10.3. The molecule has 0 aliphatic carbocycles. The average Bonchev–Trinajstić information content (AvgIpc) is 2.66. The van der Waals surface area contributed by atoms with E-state index >= 15 is 0 Å². The van der Waals surface area contributed by atoms with E-state index in [0.717, 1.165) is 0 Å². The molecule has 1 aromatic carbocycles. The zero-order chi connectivity index (χ0) is 17.7. The minimum absolute atomic E-state index is 0.00135. The molecule has 0 aromatic heterocycles. The first kappa shape index (κ1) is 19.1. The maximum atomic E-state index is 12.1. The van der Waals surface area contributed by atoms with Crippen LogP contribution >= 0.6 is 23.2 Å². The van der Waals surface area contributed by atoms with Crippen LogP contribution in [0.1, 0.15) is 13.3 Å². The first-order valence-corrected chi connectivity index (χ1v) is 10.1. The maximum absolute atomic E-state index is 12.1. The van der Waals surface area contributed by atoms with Crippen LogP contribution in [0, 0.1) is 0 Å². The Labute approximate surface area is 152 Å². The highest BCUT2D eigenvalue weighted by molar-refractivity contribution is 7.92. The van der Waals surface area contributed by atoms with Crippen molar-refractivity contribution in [1.29, 1.82) is 0 Å². The molecule has 0 bridgehead atoms. The van der Waals surface area contributed by atoms with Gasteiger partial charge >= 0.3 is 6.03 Å². The molecule has 0 spiro atoms. The van der Waals surface area contributed by atoms with E-state index in [2.05, 4.69) is 5.32 Å². The lowest BCUT2D eigenvalue weighted by Gasteiger charge is -2.20. The summed E-state index contributed by atoms with van der Waals surface area (Å²) >= 11 is 11.7. The van der Waals surface area contributed by atoms with Crippen LogP contribution < -0.4 is 10.1 Å². The lowest BCUT2D eigenvalue weighted by molar-refractivity contribution is 0.198. The molecule has 1 aromatic rings. The van der Waals surface area contributed by atoms with Crippen molar-refractivity contribution in [2.45, 2.75) is 18.6 Å². The van der Waals surface area contributed by atoms with Crippen LogP contribution in [0.3, 0.4) is 0 Å². The molecule has 6 nitrogen and oxygen atoms in total. The standard InChI is InChI=1S/C15H20Cl2N2O4S/c1-11-4-6-19(7-9-24(11,21)22)15(20)18-5-8-23-12-2-3-13(16)14(17)10-12/h2-3,10-11H,4-9H2,1H3,(H,18,20). The van der Waals surface area contributed by atoms with Gasteiger partial charge in [-0.05, 0) is 25.5 Å². The number of ether oxygens (including phenoxy) is 1. The normalized spacial score (nSPS) is 20.3. The largest absolute Gasteiger partial charge is 0.492 e. The molecule has 1 atom stereocenters. The van der Waals surface area contributed by atoms with Gasteiger partial charge in [-0.3, -0.25) is 0 Å². The topological polar surface area (TPSA) is 75.7 Å². The van der Waals surface area contributed by atoms with E-state index in [1.165, 1.54) is 4.90 Å². The lowest BCUT2D eigenvalue weighted by Crippen LogP contribution is -2.42. The van der Waals surface area contributed by atoms with Gasteiger partial charge < -0.3 is 15.0 Å². The van der Waals surface area contributed by atoms with E-state index in [0.29, 0.717) is 35.3 Å². The molecule has 1 saturated heterocycles. The highest BCUT2D eigenvalue weighted by Crippen LogP contribution is 2.26. The van der Waals surface area contributed by atoms with Crippen molar-refractivity contribution in [1.82, 2.24) is 10.2 Å². The Kier molecular flexibility index (Phi) is 6.60. The third-order valence-corrected chi connectivity index (χ3v) is 6.84. The molecule has 1 fully saturated rings. The van der Waals surface area contributed by atoms with Gasteiger partial charge in [0.05, 0.1) is 27.6 Å². The molecule has 1 heterocycles. The Hall–Kier alpha value is -1.18. The summed E-state index contributed by atoms with van der Waals surface area (Å²) in [5.41, 5.74) is 0. The summed E-state index contributed by atoms with van der Waals surface area (Å²) in [4.78, 5) is 13.6. The van der Waals surface area contributed by atoms with Crippen molar-refractivity contribution in [3.63, 3.8) is 0 Å². The Balaban J connectivity index is 1.76. The van der Waals surface area contributed by atoms with Crippen LogP contribution in [0.5, 0.6) is 5.75 Å². The van der Waals surface area contributed by atoms with Gasteiger partial charge in [-0.25, -0.2) is 13.2 Å². The molecule has 0 saturated carbocycles. The number of hydrogen-bond acceptors (Lipinski definition) is 4. The number of rotatable bonds is 4. The number of carbonyl (C=O) groups excluding carboxylic acids is 1. The zero-order valence-corrected chi connectivity index (χ0v) is 15.6. The molecule has 1 aliphatic heterocycles. The Morgan fingerprint density at radius 1 is 1.33 bits per heavy atom. The van der Waals surface area contributed by atoms with Crippen LogP contribution in [-0.2, 0) is 9.84 Å². The number of benzene rings is 1. The van der Waals surface area contributed by atoms with Gasteiger partial charge in [-0.1, -0.05) is 23.2 Å². The number of amides is 2. The minimum atomic E-state index is -3.10. The van der Waals surface area contributed by atoms with Crippen molar-refractivity contribution in [3.05, 3.63) is 28.2 Å². The first-order chi connectivity index (χ1) is 11.3. The minimum Gasteiger partial charge on any atom is -0.492 e. The smallest absolute Gasteiger partial charge is 0.317 e. The molecule has 1 unspecified atom stereocenters. The van der Waals surface area contributed by atoms with Gasteiger partial charge in [-0.2, -0.15) is 0 Å². The van der Waals surface area contributed by atoms with Gasteiger partial charge in [0.2, 0.25) is 0 Å². The fraction of sp³-hybridized carbons (Fsp3) is 0.533. The number of urea groups is 1. The number of carbonyl (C=O) groups is 1. The molecular formula is C15H20Cl2N2O4S. The average molecular weight is 395 g/mol. The third kappa shape index (κ3) is 5.16. The summed E-state index contributed by atoms with van der Waals surface area (Å²) in [5.74, 6) is 0.565. The number of halogens is 2. The van der Waals surface area contributed by atoms with Crippen LogP contribution in [0.2, 0.25) is 10.0 Å². The molecule has 9 heteroatoms. The van der Waals surface area contributed by atoms with Crippen molar-refractivity contribution in [2.24, 2.45) is 0 Å². The van der Waals surface area contributed by atoms with Crippen molar-refractivity contribution in [2.75, 3.05) is 32.0 Å². The van der Waals surface area contributed by atoms with Gasteiger partial charge in [0.1, 0.15) is 12.4 Å². The SMILES string of the molecule is CC1CCN(C(=O)NCCOc2ccc(Cl)c(Cl)c2)CCS1(=O)=O. The van der Waals surface area contributed by atoms with Crippen LogP contribution in [0.25, 0.3) is 0 Å². The van der Waals surface area contributed by atoms with Crippen LogP contribution in [0.4, 0.5) is 4.79 Å². The number of hydrogen-bond donors (Lipinski definition) is 1. The van der Waals surface area contributed by atoms with Gasteiger partial charge in [0, 0.05) is 19.2 Å². The van der Waals surface area contributed by atoms with Crippen molar-refractivity contribution >= 4 is 39.1 Å². The summed E-state index contributed by atoms with van der Waals surface area (Å²) in [6.45, 7) is 2.90. The van der Waals surface area contributed by atoms with Crippen molar-refractivity contribution in [3.8, 4) is 5.75 Å². The van der Waals surface area contributed by atoms with Gasteiger partial charge in [-0.15, -0.1) is 0 Å². The Morgan fingerprint density at radius 2 is 2.08 bits per heavy atom. The van der Waals surface area contributed by atoms with Crippen LogP contribution in [-0.4, -0.2) is 56.6 Å². The fourth-order valence-electron chi connectivity index (χ4n) is 2.28. The Bertz CT molecular complexity index is 697. The van der Waals surface area contributed by atoms with Crippen molar-refractivity contribution < 1.29 is 17.9 Å². The van der Waals surface area contributed by atoms with E-state index < -0.39 is 15.1 Å². The molecule has 134 valence electrons. The number of sulfone groups is 1. The molecule has 0 radical (unpaired) electrons. The first-order valence-electron chi connectivity index (χ1n) is 7.62. The van der Waals surface area contributed by atoms with E-state index in [4.69, 9.17) is 27.9 Å². The molecule has 1 aliphatic rings. The highest BCUT2D eigenvalue weighted by atomic mass is 35.5. The van der Waals surface area contributed by atoms with Crippen LogP contribution in [0.15, 0.2) is 18.2 Å². The third-order valence-electron chi connectivity index (χ3n) is 3.89. The molecule has 2 rings (SSSR count). The summed E-state index contributed by atoms with van der Waals surface area (Å²) in [6.07, 6.45) is 0.454. The molecule has 1 N–H and O–H groups in total. The van der Waals surface area contributed by atoms with E-state index in [9.17, 15) is 13.2 Å². The molecule has 24 heavy (non-hydrogen) atoms. The fourth-order valence-corrected chi connectivity index (χ4v) is 3.91. The van der Waals surface area contributed by atoms with E-state index in [1.54, 1.807) is 25.1 Å². The summed E-state index contributed by atoms with van der Waals surface area (Å²) in [6, 6.07) is 4.65. The highest BCUT2D eigenvalue weighted by Gasteiger charge is 2.28. The van der Waals surface area contributed by atoms with E-state index in [1.807, 2.05) is 0 Å². The van der Waals surface area contributed by atoms with Gasteiger partial charge in [0.15, 0.2) is 9.84 Å². The molecule has 2 amide bonds. The number of nitrogens with one attached hydrogen (secondary N) is 1. The monoisotopic (exact) mass is 394 g/mol. The van der Waals surface area contributed by atoms with E-state index in [-0.39, 0.29) is 24.9 Å². The van der Waals surface area contributed by atoms with Gasteiger partial charge in [0.25, 0.3) is 0 Å².